The molecule has 118 valence electrons. The lowest BCUT2D eigenvalue weighted by Crippen LogP contribution is -2.49. The second-order valence-electron chi connectivity index (χ2n) is 6.09. The monoisotopic (exact) mass is 350 g/mol. The average Bonchev–Trinajstić information content (AvgIpc) is 2.48. The van der Waals surface area contributed by atoms with Crippen molar-refractivity contribution in [2.75, 3.05) is 32.8 Å². The van der Waals surface area contributed by atoms with E-state index in [9.17, 15) is 5.11 Å². The molecule has 1 atom stereocenters. The standard InChI is InChI=1S/C15H21Cl3N2O/c1-15(2,9-21)14(20-7-5-19-6-8-20)12-10(16)3-4-11(17)13(12)18/h3-4,14,19,21H,5-9H2,1-2H3/t14-/m0/s1. The summed E-state index contributed by atoms with van der Waals surface area (Å²) < 4.78 is 0. The summed E-state index contributed by atoms with van der Waals surface area (Å²) in [5, 5.41) is 14.7. The Balaban J connectivity index is 2.52. The highest BCUT2D eigenvalue weighted by Crippen LogP contribution is 2.46. The molecule has 0 amide bonds. The zero-order valence-corrected chi connectivity index (χ0v) is 14.6. The summed E-state index contributed by atoms with van der Waals surface area (Å²) in [5.41, 5.74) is 0.432. The van der Waals surface area contributed by atoms with E-state index in [2.05, 4.69) is 10.2 Å². The van der Waals surface area contributed by atoms with Crippen molar-refractivity contribution >= 4 is 34.8 Å². The van der Waals surface area contributed by atoms with Crippen LogP contribution in [-0.2, 0) is 0 Å². The second-order valence-corrected chi connectivity index (χ2v) is 7.28. The van der Waals surface area contributed by atoms with Gasteiger partial charge in [0.25, 0.3) is 0 Å². The normalized spacial score (nSPS) is 18.8. The number of nitrogens with zero attached hydrogens (tertiary/aromatic N) is 1. The minimum Gasteiger partial charge on any atom is -0.396 e. The third kappa shape index (κ3) is 3.66. The Labute approximate surface area is 141 Å². The first kappa shape index (κ1) is 17.3. The smallest absolute Gasteiger partial charge is 0.0655 e. The molecule has 21 heavy (non-hydrogen) atoms. The first-order chi connectivity index (χ1) is 9.88. The van der Waals surface area contributed by atoms with Gasteiger partial charge >= 0.3 is 0 Å². The molecule has 0 bridgehead atoms. The van der Waals surface area contributed by atoms with Crippen molar-refractivity contribution in [3.05, 3.63) is 32.8 Å². The fourth-order valence-electron chi connectivity index (χ4n) is 2.89. The summed E-state index contributed by atoms with van der Waals surface area (Å²) in [6.45, 7) is 7.67. The highest BCUT2D eigenvalue weighted by molar-refractivity contribution is 6.44. The van der Waals surface area contributed by atoms with Gasteiger partial charge in [-0.25, -0.2) is 0 Å². The third-order valence-corrected chi connectivity index (χ3v) is 5.17. The fraction of sp³-hybridized carbons (Fsp3) is 0.600. The predicted octanol–water partition coefficient (Wildman–Crippen LogP) is 3.61. The SMILES string of the molecule is CC(C)(CO)[C@H](c1c(Cl)ccc(Cl)c1Cl)N1CCNCC1. The first-order valence-corrected chi connectivity index (χ1v) is 8.21. The van der Waals surface area contributed by atoms with Crippen LogP contribution < -0.4 is 5.32 Å². The zero-order chi connectivity index (χ0) is 15.6. The summed E-state index contributed by atoms with van der Waals surface area (Å²) in [6, 6.07) is 3.40. The Bertz CT molecular complexity index is 502. The molecule has 1 aromatic rings. The summed E-state index contributed by atoms with van der Waals surface area (Å²) in [7, 11) is 0. The predicted molar refractivity (Wildman–Crippen MR) is 89.5 cm³/mol. The summed E-state index contributed by atoms with van der Waals surface area (Å²) in [6.07, 6.45) is 0. The molecule has 2 N–H and O–H groups in total. The van der Waals surface area contributed by atoms with Crippen molar-refractivity contribution < 1.29 is 5.11 Å². The zero-order valence-electron chi connectivity index (χ0n) is 12.3. The van der Waals surface area contributed by atoms with Crippen molar-refractivity contribution in [2.45, 2.75) is 19.9 Å². The van der Waals surface area contributed by atoms with Crippen LogP contribution in [0.15, 0.2) is 12.1 Å². The van der Waals surface area contributed by atoms with Crippen LogP contribution in [0.4, 0.5) is 0 Å². The third-order valence-electron chi connectivity index (χ3n) is 4.02. The van der Waals surface area contributed by atoms with Gasteiger partial charge in [-0.15, -0.1) is 0 Å². The molecular weight excluding hydrogens is 331 g/mol. The molecule has 0 unspecified atom stereocenters. The van der Waals surface area contributed by atoms with Gasteiger partial charge in [-0.05, 0) is 12.1 Å². The van der Waals surface area contributed by atoms with E-state index in [-0.39, 0.29) is 18.1 Å². The average molecular weight is 352 g/mol. The highest BCUT2D eigenvalue weighted by atomic mass is 35.5. The molecule has 1 aliphatic heterocycles. The largest absolute Gasteiger partial charge is 0.396 e. The molecule has 1 aromatic carbocycles. The molecule has 1 aliphatic rings. The molecule has 0 aliphatic carbocycles. The van der Waals surface area contributed by atoms with Crippen LogP contribution in [0.1, 0.15) is 25.5 Å². The number of hydrogen-bond acceptors (Lipinski definition) is 3. The highest BCUT2D eigenvalue weighted by Gasteiger charge is 2.38. The molecule has 2 rings (SSSR count). The molecule has 0 aromatic heterocycles. The van der Waals surface area contributed by atoms with Crippen LogP contribution in [0.3, 0.4) is 0 Å². The summed E-state index contributed by atoms with van der Waals surface area (Å²) >= 11 is 19.0. The Morgan fingerprint density at radius 2 is 1.76 bits per heavy atom. The maximum absolute atomic E-state index is 9.85. The Morgan fingerprint density at radius 3 is 2.33 bits per heavy atom. The van der Waals surface area contributed by atoms with Gasteiger partial charge in [-0.1, -0.05) is 48.7 Å². The molecule has 0 saturated carbocycles. The van der Waals surface area contributed by atoms with Gasteiger partial charge in [0.05, 0.1) is 10.0 Å². The minimum atomic E-state index is -0.380. The van der Waals surface area contributed by atoms with E-state index in [4.69, 9.17) is 34.8 Å². The lowest BCUT2D eigenvalue weighted by molar-refractivity contribution is 0.0306. The van der Waals surface area contributed by atoms with E-state index in [1.54, 1.807) is 12.1 Å². The molecule has 6 heteroatoms. The van der Waals surface area contributed by atoms with Gasteiger partial charge in [0.15, 0.2) is 0 Å². The number of benzene rings is 1. The quantitative estimate of drug-likeness (QED) is 0.813. The minimum absolute atomic E-state index is 0.0424. The number of hydrogen-bond donors (Lipinski definition) is 2. The maximum Gasteiger partial charge on any atom is 0.0655 e. The molecule has 0 spiro atoms. The second kappa shape index (κ2) is 7.03. The van der Waals surface area contributed by atoms with E-state index in [0.717, 1.165) is 31.7 Å². The molecule has 3 nitrogen and oxygen atoms in total. The van der Waals surface area contributed by atoms with Gasteiger partial charge in [-0.2, -0.15) is 0 Å². The molecule has 1 heterocycles. The van der Waals surface area contributed by atoms with Crippen LogP contribution in [0.2, 0.25) is 15.1 Å². The van der Waals surface area contributed by atoms with Gasteiger partial charge in [0, 0.05) is 54.8 Å². The van der Waals surface area contributed by atoms with Crippen LogP contribution in [0.25, 0.3) is 0 Å². The van der Waals surface area contributed by atoms with E-state index in [0.29, 0.717) is 15.1 Å². The molecule has 1 saturated heterocycles. The Kier molecular flexibility index (Phi) is 5.80. The molecule has 0 radical (unpaired) electrons. The van der Waals surface area contributed by atoms with Gasteiger partial charge in [0.2, 0.25) is 0 Å². The van der Waals surface area contributed by atoms with E-state index in [1.807, 2.05) is 13.8 Å². The number of rotatable bonds is 4. The van der Waals surface area contributed by atoms with E-state index in [1.165, 1.54) is 0 Å². The lowest BCUT2D eigenvalue weighted by Gasteiger charge is -2.44. The van der Waals surface area contributed by atoms with Crippen molar-refractivity contribution in [1.29, 1.82) is 0 Å². The number of nitrogens with one attached hydrogen (secondary N) is 1. The molecular formula is C15H21Cl3N2O. The van der Waals surface area contributed by atoms with Crippen molar-refractivity contribution in [3.63, 3.8) is 0 Å². The lowest BCUT2D eigenvalue weighted by atomic mass is 9.79. The van der Waals surface area contributed by atoms with Crippen LogP contribution >= 0.6 is 34.8 Å². The fourth-order valence-corrected chi connectivity index (χ4v) is 3.63. The van der Waals surface area contributed by atoms with Gasteiger partial charge in [0.1, 0.15) is 0 Å². The van der Waals surface area contributed by atoms with Crippen LogP contribution in [0.5, 0.6) is 0 Å². The molecule has 1 fully saturated rings. The number of piperazine rings is 1. The Morgan fingerprint density at radius 1 is 1.19 bits per heavy atom. The number of aliphatic hydroxyl groups excluding tert-OH is 1. The number of halogens is 3. The Hall–Kier alpha value is -0.0300. The summed E-state index contributed by atoms with van der Waals surface area (Å²) in [5.74, 6) is 0. The van der Waals surface area contributed by atoms with Gasteiger partial charge < -0.3 is 10.4 Å². The van der Waals surface area contributed by atoms with Crippen molar-refractivity contribution in [3.8, 4) is 0 Å². The topological polar surface area (TPSA) is 35.5 Å². The summed E-state index contributed by atoms with van der Waals surface area (Å²) in [4.78, 5) is 2.32. The van der Waals surface area contributed by atoms with Crippen molar-refractivity contribution in [1.82, 2.24) is 10.2 Å². The van der Waals surface area contributed by atoms with Gasteiger partial charge in [-0.3, -0.25) is 4.90 Å². The van der Waals surface area contributed by atoms with Crippen LogP contribution in [-0.4, -0.2) is 42.8 Å². The number of aliphatic hydroxyl groups is 1. The van der Waals surface area contributed by atoms with E-state index >= 15 is 0 Å². The maximum atomic E-state index is 9.85. The van der Waals surface area contributed by atoms with Crippen LogP contribution in [0, 0.1) is 5.41 Å². The van der Waals surface area contributed by atoms with Crippen molar-refractivity contribution in [2.24, 2.45) is 5.41 Å². The van der Waals surface area contributed by atoms with E-state index < -0.39 is 0 Å². The first-order valence-electron chi connectivity index (χ1n) is 7.07.